The molecule has 5 rings (SSSR count). The van der Waals surface area contributed by atoms with E-state index in [2.05, 4.69) is 35.4 Å². The van der Waals surface area contributed by atoms with Gasteiger partial charge in [-0.05, 0) is 49.6 Å². The number of hydrogen-bond acceptors (Lipinski definition) is 6. The summed E-state index contributed by atoms with van der Waals surface area (Å²) in [4.78, 5) is 15.9. The maximum atomic E-state index is 13.8. The van der Waals surface area contributed by atoms with E-state index in [9.17, 15) is 4.39 Å². The lowest BCUT2D eigenvalue weighted by molar-refractivity contribution is 0.568. The highest BCUT2D eigenvalue weighted by molar-refractivity contribution is 6.39. The Morgan fingerprint density at radius 1 is 0.968 bits per heavy atom. The van der Waals surface area contributed by atoms with Crippen LogP contribution >= 0.6 is 23.2 Å². The Kier molecular flexibility index (Phi) is 5.33. The lowest BCUT2D eigenvalue weighted by Crippen LogP contribution is -2.31. The molecule has 1 fully saturated rings. The molecule has 0 radical (unpaired) electrons. The number of anilines is 3. The molecule has 0 amide bonds. The van der Waals surface area contributed by atoms with E-state index < -0.39 is 0 Å². The largest absolute Gasteiger partial charge is 0.341 e. The van der Waals surface area contributed by atoms with E-state index in [0.717, 1.165) is 25.9 Å². The summed E-state index contributed by atoms with van der Waals surface area (Å²) in [6.07, 6.45) is 3.32. The molecule has 1 saturated heterocycles. The molecule has 2 aromatic heterocycles. The van der Waals surface area contributed by atoms with Crippen molar-refractivity contribution >= 4 is 51.8 Å². The van der Waals surface area contributed by atoms with Gasteiger partial charge in [-0.25, -0.2) is 4.39 Å². The molecule has 1 aliphatic rings. The van der Waals surface area contributed by atoms with Crippen LogP contribution in [-0.4, -0.2) is 38.2 Å². The number of benzene rings is 2. The molecule has 2 N–H and O–H groups in total. The molecule has 31 heavy (non-hydrogen) atoms. The van der Waals surface area contributed by atoms with Crippen molar-refractivity contribution in [3.63, 3.8) is 0 Å². The summed E-state index contributed by atoms with van der Waals surface area (Å²) >= 11 is 12.8. The first-order valence-corrected chi connectivity index (χ1v) is 10.7. The average Bonchev–Trinajstić information content (AvgIpc) is 3.16. The molecule has 0 bridgehead atoms. The molecule has 0 aliphatic carbocycles. The van der Waals surface area contributed by atoms with Gasteiger partial charge in [-0.3, -0.25) is 5.10 Å². The van der Waals surface area contributed by atoms with Gasteiger partial charge in [0.1, 0.15) is 5.82 Å². The van der Waals surface area contributed by atoms with Crippen molar-refractivity contribution in [1.82, 2.24) is 25.1 Å². The van der Waals surface area contributed by atoms with Gasteiger partial charge in [-0.2, -0.15) is 20.1 Å². The maximum Gasteiger partial charge on any atom is 0.233 e. The van der Waals surface area contributed by atoms with Gasteiger partial charge in [0.2, 0.25) is 11.9 Å². The van der Waals surface area contributed by atoms with Crippen LogP contribution in [0.25, 0.3) is 22.3 Å². The lowest BCUT2D eigenvalue weighted by atomic mass is 10.1. The van der Waals surface area contributed by atoms with Crippen LogP contribution in [0.3, 0.4) is 0 Å². The third-order valence-corrected chi connectivity index (χ3v) is 5.83. The number of rotatable bonds is 4. The Bertz CT molecular complexity index is 1230. The molecular weight excluding hydrogens is 440 g/mol. The zero-order valence-corrected chi connectivity index (χ0v) is 17.9. The fraction of sp³-hybridized carbons (Fsp3) is 0.238. The second kappa shape index (κ2) is 8.28. The second-order valence-corrected chi connectivity index (χ2v) is 8.13. The van der Waals surface area contributed by atoms with Crippen LogP contribution in [0, 0.1) is 5.82 Å². The second-order valence-electron chi connectivity index (χ2n) is 7.31. The summed E-state index contributed by atoms with van der Waals surface area (Å²) in [5.41, 5.74) is 1.23. The molecule has 7 nitrogen and oxygen atoms in total. The highest BCUT2D eigenvalue weighted by atomic mass is 35.5. The Morgan fingerprint density at radius 3 is 2.52 bits per heavy atom. The monoisotopic (exact) mass is 457 g/mol. The van der Waals surface area contributed by atoms with Crippen LogP contribution in [0.2, 0.25) is 10.0 Å². The van der Waals surface area contributed by atoms with Crippen LogP contribution in [0.1, 0.15) is 19.3 Å². The standard InChI is InChI=1S/C21H18Cl2FN7/c22-14-5-4-6-15(23)17(14)19-26-20(28-21(27-19)31-9-2-1-3-10-31)25-18-13-11-12(24)7-8-16(13)29-30-18/h4-8,11H,1-3,9-10H2,(H2,25,26,27,28,29,30). The van der Waals surface area contributed by atoms with Gasteiger partial charge < -0.3 is 10.2 Å². The molecule has 4 aromatic rings. The first-order chi connectivity index (χ1) is 15.1. The van der Waals surface area contributed by atoms with Crippen molar-refractivity contribution in [2.75, 3.05) is 23.3 Å². The zero-order chi connectivity index (χ0) is 21.4. The average molecular weight is 458 g/mol. The maximum absolute atomic E-state index is 13.8. The van der Waals surface area contributed by atoms with E-state index in [1.165, 1.54) is 18.6 Å². The van der Waals surface area contributed by atoms with Crippen LogP contribution in [0.5, 0.6) is 0 Å². The van der Waals surface area contributed by atoms with E-state index in [1.807, 2.05) is 0 Å². The predicted molar refractivity (Wildman–Crippen MR) is 121 cm³/mol. The summed E-state index contributed by atoms with van der Waals surface area (Å²) in [6.45, 7) is 1.71. The van der Waals surface area contributed by atoms with Crippen molar-refractivity contribution in [3.8, 4) is 11.4 Å². The van der Waals surface area contributed by atoms with E-state index in [-0.39, 0.29) is 11.8 Å². The number of halogens is 3. The van der Waals surface area contributed by atoms with Gasteiger partial charge in [-0.1, -0.05) is 29.3 Å². The molecule has 3 heterocycles. The smallest absolute Gasteiger partial charge is 0.233 e. The number of H-pyrrole nitrogens is 1. The molecule has 158 valence electrons. The molecular formula is C21H18Cl2FN7. The minimum Gasteiger partial charge on any atom is -0.341 e. The van der Waals surface area contributed by atoms with E-state index in [1.54, 1.807) is 24.3 Å². The van der Waals surface area contributed by atoms with Crippen molar-refractivity contribution in [3.05, 3.63) is 52.3 Å². The van der Waals surface area contributed by atoms with Crippen molar-refractivity contribution < 1.29 is 4.39 Å². The molecule has 0 atom stereocenters. The fourth-order valence-corrected chi connectivity index (χ4v) is 4.23. The summed E-state index contributed by atoms with van der Waals surface area (Å²) in [7, 11) is 0. The van der Waals surface area contributed by atoms with Crippen LogP contribution in [0.15, 0.2) is 36.4 Å². The summed E-state index contributed by atoms with van der Waals surface area (Å²) in [5, 5.41) is 11.7. The molecule has 10 heteroatoms. The minimum atomic E-state index is -0.356. The number of aromatic amines is 1. The Labute approximate surface area is 187 Å². The van der Waals surface area contributed by atoms with Gasteiger partial charge in [0, 0.05) is 18.5 Å². The van der Waals surface area contributed by atoms with Gasteiger partial charge in [-0.15, -0.1) is 0 Å². The van der Waals surface area contributed by atoms with Crippen molar-refractivity contribution in [1.29, 1.82) is 0 Å². The summed E-state index contributed by atoms with van der Waals surface area (Å²) in [6, 6.07) is 9.65. The quantitative estimate of drug-likeness (QED) is 0.415. The highest BCUT2D eigenvalue weighted by Gasteiger charge is 2.20. The van der Waals surface area contributed by atoms with Gasteiger partial charge in [0.25, 0.3) is 0 Å². The molecule has 0 spiro atoms. The van der Waals surface area contributed by atoms with Crippen LogP contribution < -0.4 is 10.2 Å². The van der Waals surface area contributed by atoms with Crippen LogP contribution in [-0.2, 0) is 0 Å². The lowest BCUT2D eigenvalue weighted by Gasteiger charge is -2.27. The van der Waals surface area contributed by atoms with Gasteiger partial charge in [0.15, 0.2) is 11.6 Å². The number of nitrogens with zero attached hydrogens (tertiary/aromatic N) is 5. The van der Waals surface area contributed by atoms with Crippen LogP contribution in [0.4, 0.5) is 22.1 Å². The van der Waals surface area contributed by atoms with Crippen molar-refractivity contribution in [2.24, 2.45) is 0 Å². The summed E-state index contributed by atoms with van der Waals surface area (Å²) in [5.74, 6) is 1.24. The Morgan fingerprint density at radius 2 is 1.74 bits per heavy atom. The van der Waals surface area contributed by atoms with Gasteiger partial charge >= 0.3 is 0 Å². The highest BCUT2D eigenvalue weighted by Crippen LogP contribution is 2.34. The van der Waals surface area contributed by atoms with Crippen molar-refractivity contribution in [2.45, 2.75) is 19.3 Å². The molecule has 1 aliphatic heterocycles. The van der Waals surface area contributed by atoms with E-state index >= 15 is 0 Å². The Balaban J connectivity index is 1.61. The zero-order valence-electron chi connectivity index (χ0n) is 16.4. The number of hydrogen-bond donors (Lipinski definition) is 2. The number of piperidine rings is 1. The van der Waals surface area contributed by atoms with E-state index in [4.69, 9.17) is 23.2 Å². The number of aromatic nitrogens is 5. The molecule has 0 saturated carbocycles. The number of fused-ring (bicyclic) bond motifs is 1. The third-order valence-electron chi connectivity index (χ3n) is 5.20. The first-order valence-electron chi connectivity index (χ1n) is 9.94. The minimum absolute atomic E-state index is 0.277. The number of nitrogens with one attached hydrogen (secondary N) is 2. The SMILES string of the molecule is Fc1ccc2[nH]nc(Nc3nc(-c4c(Cl)cccc4Cl)nc(N4CCCCC4)n3)c2c1. The normalized spacial score (nSPS) is 14.2. The summed E-state index contributed by atoms with van der Waals surface area (Å²) < 4.78 is 13.8. The third kappa shape index (κ3) is 4.00. The topological polar surface area (TPSA) is 82.6 Å². The fourth-order valence-electron chi connectivity index (χ4n) is 3.67. The predicted octanol–water partition coefficient (Wildman–Crippen LogP) is 5.59. The van der Waals surface area contributed by atoms with E-state index in [0.29, 0.717) is 44.1 Å². The molecule has 0 unspecified atom stereocenters. The molecule has 2 aromatic carbocycles. The van der Waals surface area contributed by atoms with Gasteiger partial charge in [0.05, 0.1) is 21.1 Å². The first kappa shape index (κ1) is 20.0. The Hall–Kier alpha value is -2.97.